The number of rotatable bonds is 3. The van der Waals surface area contributed by atoms with Gasteiger partial charge < -0.3 is 9.80 Å². The summed E-state index contributed by atoms with van der Waals surface area (Å²) in [4.78, 5) is 20.9. The number of halogens is 1. The van der Waals surface area contributed by atoms with E-state index in [2.05, 4.69) is 25.4 Å². The van der Waals surface area contributed by atoms with E-state index in [1.807, 2.05) is 23.1 Å². The van der Waals surface area contributed by atoms with Gasteiger partial charge in [0.25, 0.3) is 5.91 Å². The van der Waals surface area contributed by atoms with Crippen LogP contribution >= 0.6 is 0 Å². The number of carbonyl (C=O) groups is 1. The number of amides is 1. The molecule has 2 aromatic heterocycles. The highest BCUT2D eigenvalue weighted by Crippen LogP contribution is 2.26. The van der Waals surface area contributed by atoms with E-state index in [4.69, 9.17) is 0 Å². The van der Waals surface area contributed by atoms with Crippen LogP contribution < -0.4 is 4.90 Å². The SMILES string of the molecule is O=C(c1cc(F)cc(-c2ccc3cn[nH]c3c2)c1)N1CCN(c2ncn[nH]2)CC1. The van der Waals surface area contributed by atoms with Crippen molar-refractivity contribution in [2.45, 2.75) is 0 Å². The molecule has 4 aromatic rings. The summed E-state index contributed by atoms with van der Waals surface area (Å²) in [7, 11) is 0. The van der Waals surface area contributed by atoms with Gasteiger partial charge in [-0.15, -0.1) is 0 Å². The van der Waals surface area contributed by atoms with Gasteiger partial charge in [0.15, 0.2) is 0 Å². The molecule has 0 bridgehead atoms. The summed E-state index contributed by atoms with van der Waals surface area (Å²) < 4.78 is 14.3. The number of hydrogen-bond acceptors (Lipinski definition) is 5. The number of piperazine rings is 1. The molecule has 0 radical (unpaired) electrons. The molecule has 0 spiro atoms. The molecule has 29 heavy (non-hydrogen) atoms. The summed E-state index contributed by atoms with van der Waals surface area (Å²) in [5, 5.41) is 14.6. The molecule has 0 unspecified atom stereocenters. The predicted octanol–water partition coefficient (Wildman–Crippen LogP) is 2.45. The van der Waals surface area contributed by atoms with Gasteiger partial charge >= 0.3 is 0 Å². The molecular formula is C20H18FN7O. The highest BCUT2D eigenvalue weighted by Gasteiger charge is 2.24. The minimum absolute atomic E-state index is 0.175. The molecule has 3 heterocycles. The Kier molecular flexibility index (Phi) is 4.19. The maximum atomic E-state index is 14.3. The number of fused-ring (bicyclic) bond motifs is 1. The Balaban J connectivity index is 1.37. The van der Waals surface area contributed by atoms with Gasteiger partial charge in [-0.2, -0.15) is 15.2 Å². The van der Waals surface area contributed by atoms with Crippen molar-refractivity contribution in [1.82, 2.24) is 30.3 Å². The molecule has 1 aliphatic rings. The quantitative estimate of drug-likeness (QED) is 0.560. The van der Waals surface area contributed by atoms with Crippen molar-refractivity contribution in [2.75, 3.05) is 31.1 Å². The van der Waals surface area contributed by atoms with Crippen molar-refractivity contribution < 1.29 is 9.18 Å². The van der Waals surface area contributed by atoms with Crippen LogP contribution in [0.25, 0.3) is 22.0 Å². The van der Waals surface area contributed by atoms with Crippen molar-refractivity contribution in [3.05, 3.63) is 60.3 Å². The van der Waals surface area contributed by atoms with Crippen LogP contribution in [0.4, 0.5) is 10.3 Å². The second-order valence-electron chi connectivity index (χ2n) is 6.99. The molecule has 1 saturated heterocycles. The van der Waals surface area contributed by atoms with E-state index in [1.54, 1.807) is 17.2 Å². The predicted molar refractivity (Wildman–Crippen MR) is 106 cm³/mol. The normalized spacial score (nSPS) is 14.5. The second-order valence-corrected chi connectivity index (χ2v) is 6.99. The van der Waals surface area contributed by atoms with E-state index in [-0.39, 0.29) is 5.91 Å². The van der Waals surface area contributed by atoms with Crippen molar-refractivity contribution in [3.8, 4) is 11.1 Å². The maximum Gasteiger partial charge on any atom is 0.254 e. The number of nitrogens with zero attached hydrogens (tertiary/aromatic N) is 5. The number of carbonyl (C=O) groups excluding carboxylic acids is 1. The van der Waals surface area contributed by atoms with E-state index >= 15 is 0 Å². The number of H-pyrrole nitrogens is 2. The van der Waals surface area contributed by atoms with Gasteiger partial charge in [0.1, 0.15) is 12.1 Å². The summed E-state index contributed by atoms with van der Waals surface area (Å²) in [5.74, 6) is 0.0841. The fraction of sp³-hybridized carbons (Fsp3) is 0.200. The van der Waals surface area contributed by atoms with Crippen LogP contribution in [0.2, 0.25) is 0 Å². The number of hydrogen-bond donors (Lipinski definition) is 2. The summed E-state index contributed by atoms with van der Waals surface area (Å²) in [6, 6.07) is 10.2. The maximum absolute atomic E-state index is 14.3. The minimum atomic E-state index is -0.434. The number of benzene rings is 2. The van der Waals surface area contributed by atoms with Crippen LogP contribution in [-0.4, -0.2) is 62.4 Å². The van der Waals surface area contributed by atoms with Gasteiger partial charge in [0.05, 0.1) is 11.7 Å². The van der Waals surface area contributed by atoms with E-state index in [1.165, 1.54) is 18.5 Å². The van der Waals surface area contributed by atoms with Gasteiger partial charge in [-0.05, 0) is 35.4 Å². The van der Waals surface area contributed by atoms with Crippen LogP contribution in [0.1, 0.15) is 10.4 Å². The standard InChI is InChI=1S/C20H18FN7O/c21-17-8-15(13-1-2-14-11-23-25-18(14)10-13)7-16(9-17)19(29)27-3-5-28(6-4-27)20-22-12-24-26-20/h1-2,7-12H,3-6H2,(H,23,25)(H,22,24,26). The first-order valence-corrected chi connectivity index (χ1v) is 9.31. The van der Waals surface area contributed by atoms with Crippen LogP contribution in [-0.2, 0) is 0 Å². The third-order valence-corrected chi connectivity index (χ3v) is 5.19. The second kappa shape index (κ2) is 7.01. The smallest absolute Gasteiger partial charge is 0.254 e. The lowest BCUT2D eigenvalue weighted by atomic mass is 10.0. The molecule has 1 aliphatic heterocycles. The largest absolute Gasteiger partial charge is 0.338 e. The van der Waals surface area contributed by atoms with E-state index in [9.17, 15) is 9.18 Å². The highest BCUT2D eigenvalue weighted by molar-refractivity contribution is 5.96. The third-order valence-electron chi connectivity index (χ3n) is 5.19. The van der Waals surface area contributed by atoms with Gasteiger partial charge in [0, 0.05) is 37.1 Å². The van der Waals surface area contributed by atoms with Crippen LogP contribution in [0.5, 0.6) is 0 Å². The molecule has 0 atom stereocenters. The zero-order valence-electron chi connectivity index (χ0n) is 15.5. The molecule has 9 heteroatoms. The third kappa shape index (κ3) is 3.31. The van der Waals surface area contributed by atoms with Crippen molar-refractivity contribution >= 4 is 22.8 Å². The van der Waals surface area contributed by atoms with Gasteiger partial charge in [-0.1, -0.05) is 12.1 Å². The van der Waals surface area contributed by atoms with Crippen LogP contribution in [0.15, 0.2) is 48.9 Å². The van der Waals surface area contributed by atoms with Gasteiger partial charge in [-0.25, -0.2) is 9.49 Å². The van der Waals surface area contributed by atoms with Crippen molar-refractivity contribution in [3.63, 3.8) is 0 Å². The van der Waals surface area contributed by atoms with Gasteiger partial charge in [0.2, 0.25) is 5.95 Å². The molecule has 2 aromatic carbocycles. The molecular weight excluding hydrogens is 373 g/mol. The summed E-state index contributed by atoms with van der Waals surface area (Å²) in [6.45, 7) is 2.34. The number of aromatic amines is 2. The summed E-state index contributed by atoms with van der Waals surface area (Å²) in [6.07, 6.45) is 3.19. The Labute approximate surface area is 165 Å². The molecule has 146 valence electrons. The molecule has 5 rings (SSSR count). The molecule has 0 aliphatic carbocycles. The topological polar surface area (TPSA) is 93.8 Å². The van der Waals surface area contributed by atoms with E-state index in [0.717, 1.165) is 16.5 Å². The van der Waals surface area contributed by atoms with Crippen molar-refractivity contribution in [2.24, 2.45) is 0 Å². The molecule has 1 fully saturated rings. The number of aromatic nitrogens is 5. The van der Waals surface area contributed by atoms with Crippen molar-refractivity contribution in [1.29, 1.82) is 0 Å². The highest BCUT2D eigenvalue weighted by atomic mass is 19.1. The Hall–Kier alpha value is -3.75. The first kappa shape index (κ1) is 17.4. The average molecular weight is 391 g/mol. The lowest BCUT2D eigenvalue weighted by Gasteiger charge is -2.34. The Morgan fingerprint density at radius 1 is 0.966 bits per heavy atom. The van der Waals surface area contributed by atoms with E-state index in [0.29, 0.717) is 43.3 Å². The number of nitrogens with one attached hydrogen (secondary N) is 2. The first-order chi connectivity index (χ1) is 14.2. The molecule has 2 N–H and O–H groups in total. The van der Waals surface area contributed by atoms with E-state index < -0.39 is 5.82 Å². The Morgan fingerprint density at radius 3 is 2.62 bits per heavy atom. The minimum Gasteiger partial charge on any atom is -0.338 e. The lowest BCUT2D eigenvalue weighted by molar-refractivity contribution is 0.0746. The summed E-state index contributed by atoms with van der Waals surface area (Å²) >= 11 is 0. The zero-order chi connectivity index (χ0) is 19.8. The number of anilines is 1. The molecule has 1 amide bonds. The van der Waals surface area contributed by atoms with Gasteiger partial charge in [-0.3, -0.25) is 9.89 Å². The first-order valence-electron chi connectivity index (χ1n) is 9.31. The Bertz CT molecular complexity index is 1160. The fourth-order valence-electron chi connectivity index (χ4n) is 3.65. The van der Waals surface area contributed by atoms with Crippen LogP contribution in [0, 0.1) is 5.82 Å². The zero-order valence-corrected chi connectivity index (χ0v) is 15.5. The lowest BCUT2D eigenvalue weighted by Crippen LogP contribution is -2.49. The Morgan fingerprint density at radius 2 is 1.83 bits per heavy atom. The monoisotopic (exact) mass is 391 g/mol. The molecule has 8 nitrogen and oxygen atoms in total. The molecule has 0 saturated carbocycles. The average Bonchev–Trinajstić information content (AvgIpc) is 3.44. The van der Waals surface area contributed by atoms with Crippen LogP contribution in [0.3, 0.4) is 0 Å². The fourth-order valence-corrected chi connectivity index (χ4v) is 3.65. The summed E-state index contributed by atoms with van der Waals surface area (Å²) in [5.41, 5.74) is 2.69.